The summed E-state index contributed by atoms with van der Waals surface area (Å²) in [4.78, 5) is 0. The Kier molecular flexibility index (Phi) is 4.98. The average molecular weight is 309 g/mol. The Hall–Kier alpha value is -0.640. The molecule has 1 aromatic rings. The summed E-state index contributed by atoms with van der Waals surface area (Å²) in [6.07, 6.45) is 8.63. The van der Waals surface area contributed by atoms with Crippen molar-refractivity contribution < 1.29 is 0 Å². The Labute approximate surface area is 118 Å². The molecule has 18 heavy (non-hydrogen) atoms. The molecule has 0 aromatic heterocycles. The third-order valence-electron chi connectivity index (χ3n) is 3.66. The lowest BCUT2D eigenvalue weighted by atomic mass is 9.93. The van der Waals surface area contributed by atoms with Gasteiger partial charge in [-0.05, 0) is 55.9 Å². The largest absolute Gasteiger partial charge is 0.271 e. The minimum atomic E-state index is 0.163. The fourth-order valence-corrected chi connectivity index (χ4v) is 3.14. The minimum absolute atomic E-state index is 0.163. The Bertz CT molecular complexity index is 440. The van der Waals surface area contributed by atoms with Crippen LogP contribution in [0.2, 0.25) is 0 Å². The highest BCUT2D eigenvalue weighted by atomic mass is 79.9. The highest BCUT2D eigenvalue weighted by Crippen LogP contribution is 2.31. The highest BCUT2D eigenvalue weighted by molar-refractivity contribution is 9.10. The fraction of sp³-hybridized carbons (Fsp3) is 0.467. The van der Waals surface area contributed by atoms with E-state index in [0.29, 0.717) is 0 Å². The summed E-state index contributed by atoms with van der Waals surface area (Å²) in [5.74, 6) is 5.79. The molecule has 0 amide bonds. The molecule has 0 radical (unpaired) electrons. The van der Waals surface area contributed by atoms with E-state index in [4.69, 9.17) is 5.84 Å². The van der Waals surface area contributed by atoms with E-state index < -0.39 is 0 Å². The maximum absolute atomic E-state index is 5.79. The normalized spacial score (nSPS) is 18.1. The van der Waals surface area contributed by atoms with Gasteiger partial charge in [-0.15, -0.1) is 0 Å². The van der Waals surface area contributed by atoms with E-state index in [0.717, 1.165) is 10.9 Å². The zero-order valence-electron chi connectivity index (χ0n) is 10.9. The van der Waals surface area contributed by atoms with Gasteiger partial charge in [0.2, 0.25) is 0 Å². The maximum atomic E-state index is 5.79. The average Bonchev–Trinajstić information content (AvgIpc) is 2.62. The molecule has 1 atom stereocenters. The van der Waals surface area contributed by atoms with Crippen molar-refractivity contribution in [2.24, 2.45) is 5.84 Å². The number of hydrogen-bond donors (Lipinski definition) is 2. The minimum Gasteiger partial charge on any atom is -0.271 e. The summed E-state index contributed by atoms with van der Waals surface area (Å²) in [6, 6.07) is 6.56. The van der Waals surface area contributed by atoms with Crippen LogP contribution < -0.4 is 11.3 Å². The highest BCUT2D eigenvalue weighted by Gasteiger charge is 2.17. The van der Waals surface area contributed by atoms with Crippen LogP contribution in [0.15, 0.2) is 34.3 Å². The number of nitrogens with one attached hydrogen (secondary N) is 1. The van der Waals surface area contributed by atoms with E-state index in [1.807, 2.05) is 0 Å². The summed E-state index contributed by atoms with van der Waals surface area (Å²) in [7, 11) is 0. The molecule has 1 aromatic carbocycles. The second-order valence-electron chi connectivity index (χ2n) is 4.98. The molecule has 98 valence electrons. The van der Waals surface area contributed by atoms with Crippen LogP contribution >= 0.6 is 15.9 Å². The summed E-state index contributed by atoms with van der Waals surface area (Å²) in [5, 5.41) is 0. The van der Waals surface area contributed by atoms with Gasteiger partial charge in [0, 0.05) is 4.47 Å². The Morgan fingerprint density at radius 1 is 1.28 bits per heavy atom. The van der Waals surface area contributed by atoms with E-state index in [2.05, 4.69) is 52.6 Å². The van der Waals surface area contributed by atoms with Gasteiger partial charge in [-0.3, -0.25) is 5.84 Å². The molecule has 3 N–H and O–H groups in total. The predicted octanol–water partition coefficient (Wildman–Crippen LogP) is 4.15. The number of nitrogens with two attached hydrogens (primary N) is 1. The Morgan fingerprint density at radius 2 is 2.11 bits per heavy atom. The summed E-state index contributed by atoms with van der Waals surface area (Å²) in [5.41, 5.74) is 7.00. The van der Waals surface area contributed by atoms with Gasteiger partial charge in [-0.2, -0.15) is 0 Å². The standard InChI is InChI=1S/C15H21BrN2/c1-11-10-13(16)8-9-14(11)15(18-17)12-6-4-2-3-5-7-12/h6,8-10,15,18H,2-5,7,17H2,1H3. The Morgan fingerprint density at radius 3 is 2.83 bits per heavy atom. The monoisotopic (exact) mass is 308 g/mol. The van der Waals surface area contributed by atoms with Crippen LogP contribution in [0.5, 0.6) is 0 Å². The molecule has 1 aliphatic rings. The topological polar surface area (TPSA) is 38.0 Å². The SMILES string of the molecule is Cc1cc(Br)ccc1C(NN)C1=CCCCCC1. The van der Waals surface area contributed by atoms with Gasteiger partial charge in [-0.25, -0.2) is 5.43 Å². The van der Waals surface area contributed by atoms with Crippen molar-refractivity contribution >= 4 is 15.9 Å². The molecule has 3 heteroatoms. The molecule has 0 spiro atoms. The van der Waals surface area contributed by atoms with Crippen molar-refractivity contribution in [3.63, 3.8) is 0 Å². The number of rotatable bonds is 3. The number of halogens is 1. The first-order valence-corrected chi connectivity index (χ1v) is 7.43. The lowest BCUT2D eigenvalue weighted by Crippen LogP contribution is -2.30. The first kappa shape index (κ1) is 13.8. The van der Waals surface area contributed by atoms with Crippen LogP contribution in [0.3, 0.4) is 0 Å². The molecule has 2 rings (SSSR count). The van der Waals surface area contributed by atoms with Crippen molar-refractivity contribution in [3.05, 3.63) is 45.4 Å². The van der Waals surface area contributed by atoms with Crippen LogP contribution in [0.25, 0.3) is 0 Å². The van der Waals surface area contributed by atoms with Gasteiger partial charge in [0.15, 0.2) is 0 Å². The summed E-state index contributed by atoms with van der Waals surface area (Å²) < 4.78 is 1.12. The predicted molar refractivity (Wildman–Crippen MR) is 80.1 cm³/mol. The molecule has 1 aliphatic carbocycles. The third kappa shape index (κ3) is 3.22. The number of aryl methyl sites for hydroxylation is 1. The molecule has 0 aliphatic heterocycles. The summed E-state index contributed by atoms with van der Waals surface area (Å²) in [6.45, 7) is 2.14. The van der Waals surface area contributed by atoms with Gasteiger partial charge >= 0.3 is 0 Å². The van der Waals surface area contributed by atoms with Crippen LogP contribution in [0.4, 0.5) is 0 Å². The van der Waals surface area contributed by atoms with E-state index >= 15 is 0 Å². The van der Waals surface area contributed by atoms with Crippen molar-refractivity contribution in [2.45, 2.75) is 45.1 Å². The van der Waals surface area contributed by atoms with Crippen molar-refractivity contribution in [3.8, 4) is 0 Å². The van der Waals surface area contributed by atoms with Gasteiger partial charge < -0.3 is 0 Å². The first-order valence-electron chi connectivity index (χ1n) is 6.63. The van der Waals surface area contributed by atoms with E-state index in [-0.39, 0.29) is 6.04 Å². The number of hydrogen-bond acceptors (Lipinski definition) is 2. The van der Waals surface area contributed by atoms with Crippen LogP contribution in [0.1, 0.15) is 49.3 Å². The quantitative estimate of drug-likeness (QED) is 0.500. The van der Waals surface area contributed by atoms with Gasteiger partial charge in [0.05, 0.1) is 6.04 Å². The third-order valence-corrected chi connectivity index (χ3v) is 4.15. The van der Waals surface area contributed by atoms with Crippen LogP contribution in [-0.4, -0.2) is 0 Å². The van der Waals surface area contributed by atoms with Crippen molar-refractivity contribution in [2.75, 3.05) is 0 Å². The van der Waals surface area contributed by atoms with Crippen LogP contribution in [0, 0.1) is 6.92 Å². The number of benzene rings is 1. The van der Waals surface area contributed by atoms with Crippen LogP contribution in [-0.2, 0) is 0 Å². The molecule has 0 saturated heterocycles. The first-order chi connectivity index (χ1) is 8.72. The second-order valence-corrected chi connectivity index (χ2v) is 5.89. The molecule has 1 unspecified atom stereocenters. The zero-order chi connectivity index (χ0) is 13.0. The summed E-state index contributed by atoms with van der Waals surface area (Å²) >= 11 is 3.51. The van der Waals surface area contributed by atoms with Gasteiger partial charge in [0.25, 0.3) is 0 Å². The van der Waals surface area contributed by atoms with E-state index in [1.54, 1.807) is 0 Å². The molecule has 0 heterocycles. The molecule has 2 nitrogen and oxygen atoms in total. The molecule has 0 bridgehead atoms. The number of allylic oxidation sites excluding steroid dienone is 1. The zero-order valence-corrected chi connectivity index (χ0v) is 12.5. The second kappa shape index (κ2) is 6.50. The Balaban J connectivity index is 2.29. The van der Waals surface area contributed by atoms with Gasteiger partial charge in [0.1, 0.15) is 0 Å². The van der Waals surface area contributed by atoms with Crippen molar-refractivity contribution in [1.29, 1.82) is 0 Å². The lowest BCUT2D eigenvalue weighted by Gasteiger charge is -2.22. The lowest BCUT2D eigenvalue weighted by molar-refractivity contribution is 0.590. The maximum Gasteiger partial charge on any atom is 0.0672 e. The number of hydrazine groups is 1. The smallest absolute Gasteiger partial charge is 0.0672 e. The fourth-order valence-electron chi connectivity index (χ4n) is 2.66. The van der Waals surface area contributed by atoms with E-state index in [1.165, 1.54) is 42.4 Å². The van der Waals surface area contributed by atoms with E-state index in [9.17, 15) is 0 Å². The molecule has 0 saturated carbocycles. The molecular formula is C15H21BrN2. The molecule has 0 fully saturated rings. The van der Waals surface area contributed by atoms with Crippen molar-refractivity contribution in [1.82, 2.24) is 5.43 Å². The molecular weight excluding hydrogens is 288 g/mol. The van der Waals surface area contributed by atoms with Gasteiger partial charge in [-0.1, -0.05) is 40.1 Å².